The molecule has 5 nitrogen and oxygen atoms in total. The van der Waals surface area contributed by atoms with E-state index in [1.165, 1.54) is 0 Å². The first kappa shape index (κ1) is 16.4. The third-order valence-electron chi connectivity index (χ3n) is 3.72. The van der Waals surface area contributed by atoms with Gasteiger partial charge in [0.05, 0.1) is 17.0 Å². The van der Waals surface area contributed by atoms with Gasteiger partial charge in [-0.25, -0.2) is 13.1 Å². The van der Waals surface area contributed by atoms with Gasteiger partial charge in [-0.3, -0.25) is 0 Å². The minimum atomic E-state index is -3.54. The van der Waals surface area contributed by atoms with Gasteiger partial charge in [0.1, 0.15) is 0 Å². The standard InChI is InChI=1S/C15H24N2O3S/c1-4-16-10-13-6-5-12(2)14(9-13)21(18,19)17-15(3)7-8-20-11-15/h5-6,9,16-17H,4,7-8,10-11H2,1-3H3. The molecular weight excluding hydrogens is 288 g/mol. The highest BCUT2D eigenvalue weighted by molar-refractivity contribution is 7.89. The molecule has 1 aromatic carbocycles. The Hall–Kier alpha value is -0.950. The SMILES string of the molecule is CCNCc1ccc(C)c(S(=O)(=O)NC2(C)CCOC2)c1. The van der Waals surface area contributed by atoms with Crippen molar-refractivity contribution in [1.82, 2.24) is 10.0 Å². The van der Waals surface area contributed by atoms with Gasteiger partial charge < -0.3 is 10.1 Å². The molecule has 21 heavy (non-hydrogen) atoms. The molecule has 0 aliphatic carbocycles. The molecule has 0 amide bonds. The zero-order valence-corrected chi connectivity index (χ0v) is 13.7. The summed E-state index contributed by atoms with van der Waals surface area (Å²) < 4.78 is 33.4. The summed E-state index contributed by atoms with van der Waals surface area (Å²) in [5.74, 6) is 0. The van der Waals surface area contributed by atoms with Crippen molar-refractivity contribution in [1.29, 1.82) is 0 Å². The van der Waals surface area contributed by atoms with Crippen molar-refractivity contribution in [2.24, 2.45) is 0 Å². The quantitative estimate of drug-likeness (QED) is 0.836. The van der Waals surface area contributed by atoms with Gasteiger partial charge in [0.15, 0.2) is 0 Å². The zero-order valence-electron chi connectivity index (χ0n) is 12.9. The second kappa shape index (κ2) is 6.44. The summed E-state index contributed by atoms with van der Waals surface area (Å²) in [7, 11) is -3.54. The number of ether oxygens (including phenoxy) is 1. The van der Waals surface area contributed by atoms with Crippen molar-refractivity contribution >= 4 is 10.0 Å². The molecule has 1 aromatic rings. The van der Waals surface area contributed by atoms with Gasteiger partial charge in [-0.1, -0.05) is 19.1 Å². The number of nitrogens with one attached hydrogen (secondary N) is 2. The van der Waals surface area contributed by atoms with Crippen LogP contribution in [-0.2, 0) is 21.3 Å². The first-order chi connectivity index (χ1) is 9.86. The van der Waals surface area contributed by atoms with E-state index in [-0.39, 0.29) is 0 Å². The number of hydrogen-bond acceptors (Lipinski definition) is 4. The molecule has 0 saturated carbocycles. The first-order valence-electron chi connectivity index (χ1n) is 7.28. The molecule has 1 aliphatic heterocycles. The van der Waals surface area contributed by atoms with Crippen LogP contribution in [0.3, 0.4) is 0 Å². The Morgan fingerprint density at radius 3 is 2.76 bits per heavy atom. The van der Waals surface area contributed by atoms with E-state index in [1.54, 1.807) is 6.07 Å². The van der Waals surface area contributed by atoms with Crippen LogP contribution in [0.5, 0.6) is 0 Å². The van der Waals surface area contributed by atoms with Gasteiger partial charge in [0, 0.05) is 13.2 Å². The molecule has 2 N–H and O–H groups in total. The van der Waals surface area contributed by atoms with Gasteiger partial charge >= 0.3 is 0 Å². The smallest absolute Gasteiger partial charge is 0.241 e. The average Bonchev–Trinajstić information content (AvgIpc) is 2.83. The molecule has 0 spiro atoms. The van der Waals surface area contributed by atoms with E-state index < -0.39 is 15.6 Å². The van der Waals surface area contributed by atoms with Crippen LogP contribution in [-0.4, -0.2) is 33.7 Å². The van der Waals surface area contributed by atoms with E-state index in [2.05, 4.69) is 10.0 Å². The number of rotatable bonds is 6. The van der Waals surface area contributed by atoms with E-state index in [0.29, 0.717) is 31.1 Å². The average molecular weight is 312 g/mol. The van der Waals surface area contributed by atoms with Gasteiger partial charge in [0.25, 0.3) is 0 Å². The zero-order chi connectivity index (χ0) is 15.5. The fourth-order valence-electron chi connectivity index (χ4n) is 2.44. The lowest BCUT2D eigenvalue weighted by atomic mass is 10.0. The largest absolute Gasteiger partial charge is 0.379 e. The third-order valence-corrected chi connectivity index (χ3v) is 5.50. The number of aryl methyl sites for hydroxylation is 1. The molecule has 6 heteroatoms. The summed E-state index contributed by atoms with van der Waals surface area (Å²) in [6.07, 6.45) is 0.697. The Morgan fingerprint density at radius 2 is 2.14 bits per heavy atom. The number of hydrogen-bond donors (Lipinski definition) is 2. The van der Waals surface area contributed by atoms with E-state index in [1.807, 2.05) is 32.9 Å². The molecule has 118 valence electrons. The molecule has 1 saturated heterocycles. The van der Waals surface area contributed by atoms with Crippen LogP contribution in [0.1, 0.15) is 31.4 Å². The van der Waals surface area contributed by atoms with Crippen molar-refractivity contribution in [3.8, 4) is 0 Å². The predicted molar refractivity (Wildman–Crippen MR) is 82.7 cm³/mol. The predicted octanol–water partition coefficient (Wildman–Crippen LogP) is 1.56. The highest BCUT2D eigenvalue weighted by atomic mass is 32.2. The third kappa shape index (κ3) is 4.03. The monoisotopic (exact) mass is 312 g/mol. The fraction of sp³-hybridized carbons (Fsp3) is 0.600. The van der Waals surface area contributed by atoms with Crippen LogP contribution in [0.15, 0.2) is 23.1 Å². The maximum absolute atomic E-state index is 12.7. The summed E-state index contributed by atoms with van der Waals surface area (Å²) in [5.41, 5.74) is 1.21. The fourth-order valence-corrected chi connectivity index (χ4v) is 4.16. The molecule has 1 atom stereocenters. The number of sulfonamides is 1. The van der Waals surface area contributed by atoms with Crippen LogP contribution in [0.2, 0.25) is 0 Å². The molecule has 1 heterocycles. The first-order valence-corrected chi connectivity index (χ1v) is 8.77. The Bertz CT molecular complexity index is 593. The normalized spacial score (nSPS) is 22.6. The Kier molecular flexibility index (Phi) is 5.03. The Labute approximate surface area is 127 Å². The topological polar surface area (TPSA) is 67.4 Å². The lowest BCUT2D eigenvalue weighted by Crippen LogP contribution is -2.46. The molecule has 2 rings (SSSR count). The summed E-state index contributed by atoms with van der Waals surface area (Å²) in [6, 6.07) is 5.56. The minimum absolute atomic E-state index is 0.353. The van der Waals surface area contributed by atoms with Crippen molar-refractivity contribution < 1.29 is 13.2 Å². The maximum Gasteiger partial charge on any atom is 0.241 e. The van der Waals surface area contributed by atoms with Gasteiger partial charge in [-0.15, -0.1) is 0 Å². The van der Waals surface area contributed by atoms with Crippen LogP contribution < -0.4 is 10.0 Å². The molecule has 0 radical (unpaired) electrons. The second-order valence-electron chi connectivity index (χ2n) is 5.85. The van der Waals surface area contributed by atoms with Gasteiger partial charge in [-0.05, 0) is 44.0 Å². The Balaban J connectivity index is 2.26. The van der Waals surface area contributed by atoms with Crippen molar-refractivity contribution in [2.45, 2.75) is 44.2 Å². The summed E-state index contributed by atoms with van der Waals surface area (Å²) in [4.78, 5) is 0.353. The van der Waals surface area contributed by atoms with Crippen molar-refractivity contribution in [3.63, 3.8) is 0 Å². The van der Waals surface area contributed by atoms with Crippen molar-refractivity contribution in [2.75, 3.05) is 19.8 Å². The molecule has 1 fully saturated rings. The maximum atomic E-state index is 12.7. The van der Waals surface area contributed by atoms with Crippen LogP contribution >= 0.6 is 0 Å². The summed E-state index contributed by atoms with van der Waals surface area (Å²) in [6.45, 7) is 8.26. The van der Waals surface area contributed by atoms with Crippen LogP contribution in [0.4, 0.5) is 0 Å². The molecular formula is C15H24N2O3S. The van der Waals surface area contributed by atoms with E-state index in [0.717, 1.165) is 17.7 Å². The van der Waals surface area contributed by atoms with Crippen molar-refractivity contribution in [3.05, 3.63) is 29.3 Å². The number of benzene rings is 1. The molecule has 0 bridgehead atoms. The van der Waals surface area contributed by atoms with Gasteiger partial charge in [-0.2, -0.15) is 0 Å². The second-order valence-corrected chi connectivity index (χ2v) is 7.50. The van der Waals surface area contributed by atoms with Crippen LogP contribution in [0.25, 0.3) is 0 Å². The molecule has 0 aromatic heterocycles. The lowest BCUT2D eigenvalue weighted by Gasteiger charge is -2.24. The lowest BCUT2D eigenvalue weighted by molar-refractivity contribution is 0.178. The summed E-state index contributed by atoms with van der Waals surface area (Å²) in [5, 5.41) is 3.21. The Morgan fingerprint density at radius 1 is 1.38 bits per heavy atom. The molecule has 1 unspecified atom stereocenters. The van der Waals surface area contributed by atoms with Gasteiger partial charge in [0.2, 0.25) is 10.0 Å². The van der Waals surface area contributed by atoms with E-state index in [4.69, 9.17) is 4.74 Å². The van der Waals surface area contributed by atoms with Crippen LogP contribution in [0, 0.1) is 6.92 Å². The minimum Gasteiger partial charge on any atom is -0.379 e. The molecule has 1 aliphatic rings. The van der Waals surface area contributed by atoms with E-state index >= 15 is 0 Å². The van der Waals surface area contributed by atoms with E-state index in [9.17, 15) is 8.42 Å². The summed E-state index contributed by atoms with van der Waals surface area (Å²) >= 11 is 0. The highest BCUT2D eigenvalue weighted by Gasteiger charge is 2.35. The highest BCUT2D eigenvalue weighted by Crippen LogP contribution is 2.23.